The van der Waals surface area contributed by atoms with Gasteiger partial charge in [0.15, 0.2) is 4.77 Å². The van der Waals surface area contributed by atoms with Crippen LogP contribution < -0.4 is 0 Å². The zero-order chi connectivity index (χ0) is 15.0. The fraction of sp³-hybridized carbons (Fsp3) is 0.235. The maximum atomic E-state index is 5.45. The number of imidazole rings is 1. The standard InChI is InChI=1S/C17H17BrN2S/c1-11(2)13-5-3-12(4-6-13)10-20-16-9-14(18)7-8-15(16)19-17(20)21/h3-9,11H,10H2,1-2H3,(H,19,21). The molecular weight excluding hydrogens is 344 g/mol. The number of aromatic nitrogens is 2. The number of hydrogen-bond donors (Lipinski definition) is 1. The van der Waals surface area contributed by atoms with Gasteiger partial charge < -0.3 is 9.55 Å². The molecule has 2 nitrogen and oxygen atoms in total. The van der Waals surface area contributed by atoms with E-state index >= 15 is 0 Å². The Morgan fingerprint density at radius 2 is 1.86 bits per heavy atom. The van der Waals surface area contributed by atoms with Crippen molar-refractivity contribution in [2.24, 2.45) is 0 Å². The largest absolute Gasteiger partial charge is 0.331 e. The van der Waals surface area contributed by atoms with Crippen LogP contribution in [0.4, 0.5) is 0 Å². The van der Waals surface area contributed by atoms with Gasteiger partial charge in [0.2, 0.25) is 0 Å². The van der Waals surface area contributed by atoms with E-state index in [2.05, 4.69) is 69.7 Å². The molecule has 0 bridgehead atoms. The number of rotatable bonds is 3. The minimum atomic E-state index is 0.560. The minimum Gasteiger partial charge on any atom is -0.331 e. The number of halogens is 1. The summed E-state index contributed by atoms with van der Waals surface area (Å²) in [4.78, 5) is 3.26. The van der Waals surface area contributed by atoms with Crippen molar-refractivity contribution in [1.29, 1.82) is 0 Å². The molecule has 3 aromatic rings. The van der Waals surface area contributed by atoms with Gasteiger partial charge in [-0.05, 0) is 47.5 Å². The van der Waals surface area contributed by atoms with Crippen LogP contribution in [0.5, 0.6) is 0 Å². The Morgan fingerprint density at radius 1 is 1.14 bits per heavy atom. The van der Waals surface area contributed by atoms with E-state index in [1.807, 2.05) is 12.1 Å². The van der Waals surface area contributed by atoms with Gasteiger partial charge in [0.1, 0.15) is 0 Å². The third-order valence-electron chi connectivity index (χ3n) is 3.72. The molecule has 21 heavy (non-hydrogen) atoms. The van der Waals surface area contributed by atoms with Gasteiger partial charge in [0.25, 0.3) is 0 Å². The number of hydrogen-bond acceptors (Lipinski definition) is 1. The third-order valence-corrected chi connectivity index (χ3v) is 4.54. The van der Waals surface area contributed by atoms with Crippen molar-refractivity contribution < 1.29 is 0 Å². The van der Waals surface area contributed by atoms with E-state index in [-0.39, 0.29) is 0 Å². The summed E-state index contributed by atoms with van der Waals surface area (Å²) in [6.07, 6.45) is 0. The summed E-state index contributed by atoms with van der Waals surface area (Å²) in [6.45, 7) is 5.21. The lowest BCUT2D eigenvalue weighted by Crippen LogP contribution is -2.00. The van der Waals surface area contributed by atoms with E-state index in [4.69, 9.17) is 12.2 Å². The quantitative estimate of drug-likeness (QED) is 0.600. The second kappa shape index (κ2) is 5.78. The maximum absolute atomic E-state index is 5.45. The van der Waals surface area contributed by atoms with Crippen molar-refractivity contribution in [1.82, 2.24) is 9.55 Å². The van der Waals surface area contributed by atoms with Crippen molar-refractivity contribution in [3.8, 4) is 0 Å². The molecule has 1 aromatic heterocycles. The number of benzene rings is 2. The summed E-state index contributed by atoms with van der Waals surface area (Å²) in [7, 11) is 0. The molecule has 0 saturated heterocycles. The minimum absolute atomic E-state index is 0.560. The van der Waals surface area contributed by atoms with Gasteiger partial charge >= 0.3 is 0 Å². The molecule has 4 heteroatoms. The Morgan fingerprint density at radius 3 is 2.52 bits per heavy atom. The first kappa shape index (κ1) is 14.5. The molecule has 0 amide bonds. The van der Waals surface area contributed by atoms with Gasteiger partial charge in [-0.25, -0.2) is 0 Å². The molecule has 0 atom stereocenters. The van der Waals surface area contributed by atoms with Gasteiger partial charge in [-0.15, -0.1) is 0 Å². The summed E-state index contributed by atoms with van der Waals surface area (Å²) in [5.74, 6) is 0.560. The first-order chi connectivity index (χ1) is 10.0. The highest BCUT2D eigenvalue weighted by Gasteiger charge is 2.06. The zero-order valence-corrected chi connectivity index (χ0v) is 14.5. The van der Waals surface area contributed by atoms with E-state index < -0.39 is 0 Å². The Balaban J connectivity index is 1.99. The first-order valence-corrected chi connectivity index (χ1v) is 8.21. The fourth-order valence-corrected chi connectivity index (χ4v) is 3.10. The van der Waals surface area contributed by atoms with Gasteiger partial charge in [0, 0.05) is 4.47 Å². The third kappa shape index (κ3) is 2.97. The average molecular weight is 361 g/mol. The van der Waals surface area contributed by atoms with E-state index in [0.717, 1.165) is 26.8 Å². The normalized spacial score (nSPS) is 11.4. The lowest BCUT2D eigenvalue weighted by Gasteiger charge is -2.08. The Hall–Kier alpha value is -1.39. The van der Waals surface area contributed by atoms with Crippen LogP contribution in [-0.2, 0) is 6.54 Å². The van der Waals surface area contributed by atoms with Crippen LogP contribution in [0, 0.1) is 4.77 Å². The second-order valence-electron chi connectivity index (χ2n) is 5.57. The van der Waals surface area contributed by atoms with Crippen LogP contribution in [0.2, 0.25) is 0 Å². The fourth-order valence-electron chi connectivity index (χ4n) is 2.47. The van der Waals surface area contributed by atoms with Gasteiger partial charge in [-0.2, -0.15) is 0 Å². The van der Waals surface area contributed by atoms with E-state index in [1.165, 1.54) is 11.1 Å². The highest BCUT2D eigenvalue weighted by molar-refractivity contribution is 9.10. The number of nitrogens with zero attached hydrogens (tertiary/aromatic N) is 1. The maximum Gasteiger partial charge on any atom is 0.178 e. The predicted molar refractivity (Wildman–Crippen MR) is 94.5 cm³/mol. The van der Waals surface area contributed by atoms with Crippen molar-refractivity contribution in [2.75, 3.05) is 0 Å². The van der Waals surface area contributed by atoms with Crippen LogP contribution in [0.15, 0.2) is 46.9 Å². The van der Waals surface area contributed by atoms with Gasteiger partial charge in [0.05, 0.1) is 17.6 Å². The van der Waals surface area contributed by atoms with Crippen LogP contribution in [0.25, 0.3) is 11.0 Å². The van der Waals surface area contributed by atoms with Crippen LogP contribution in [0.1, 0.15) is 30.9 Å². The number of aromatic amines is 1. The zero-order valence-electron chi connectivity index (χ0n) is 12.1. The Labute approximate surface area is 137 Å². The molecule has 1 heterocycles. The van der Waals surface area contributed by atoms with Gasteiger partial charge in [-0.1, -0.05) is 54.0 Å². The average Bonchev–Trinajstić information content (AvgIpc) is 2.76. The SMILES string of the molecule is CC(C)c1ccc(Cn2c(=S)[nH]c3ccc(Br)cc32)cc1. The molecule has 1 N–H and O–H groups in total. The molecule has 0 saturated carbocycles. The van der Waals surface area contributed by atoms with E-state index in [1.54, 1.807) is 0 Å². The van der Waals surface area contributed by atoms with Crippen LogP contribution in [0.3, 0.4) is 0 Å². The molecule has 0 fully saturated rings. The molecule has 2 aromatic carbocycles. The molecule has 0 unspecified atom stereocenters. The highest BCUT2D eigenvalue weighted by atomic mass is 79.9. The summed E-state index contributed by atoms with van der Waals surface area (Å²) >= 11 is 8.98. The molecule has 0 aliphatic carbocycles. The molecule has 0 aliphatic rings. The first-order valence-electron chi connectivity index (χ1n) is 7.01. The predicted octanol–water partition coefficient (Wildman–Crippen LogP) is 5.63. The molecule has 0 aliphatic heterocycles. The van der Waals surface area contributed by atoms with Crippen LogP contribution in [-0.4, -0.2) is 9.55 Å². The van der Waals surface area contributed by atoms with E-state index in [0.29, 0.717) is 5.92 Å². The van der Waals surface area contributed by atoms with E-state index in [9.17, 15) is 0 Å². The summed E-state index contributed by atoms with van der Waals surface area (Å²) in [6, 6.07) is 15.0. The highest BCUT2D eigenvalue weighted by Crippen LogP contribution is 2.21. The summed E-state index contributed by atoms with van der Waals surface area (Å²) < 4.78 is 3.96. The number of nitrogens with one attached hydrogen (secondary N) is 1. The molecule has 3 rings (SSSR count). The van der Waals surface area contributed by atoms with Crippen molar-refractivity contribution in [3.63, 3.8) is 0 Å². The second-order valence-corrected chi connectivity index (χ2v) is 6.88. The molecule has 0 radical (unpaired) electrons. The van der Waals surface area contributed by atoms with Crippen LogP contribution >= 0.6 is 28.1 Å². The Kier molecular flexibility index (Phi) is 4.00. The Bertz CT molecular complexity index is 828. The number of H-pyrrole nitrogens is 1. The summed E-state index contributed by atoms with van der Waals surface area (Å²) in [5, 5.41) is 0. The lowest BCUT2D eigenvalue weighted by atomic mass is 10.0. The molecule has 0 spiro atoms. The smallest absolute Gasteiger partial charge is 0.178 e. The monoisotopic (exact) mass is 360 g/mol. The van der Waals surface area contributed by atoms with Crippen molar-refractivity contribution >= 4 is 39.2 Å². The number of fused-ring (bicyclic) bond motifs is 1. The van der Waals surface area contributed by atoms with Crippen molar-refractivity contribution in [3.05, 3.63) is 62.8 Å². The summed E-state index contributed by atoms with van der Waals surface area (Å²) in [5.41, 5.74) is 4.82. The van der Waals surface area contributed by atoms with Crippen molar-refractivity contribution in [2.45, 2.75) is 26.3 Å². The topological polar surface area (TPSA) is 20.7 Å². The molecular formula is C17H17BrN2S. The van der Waals surface area contributed by atoms with Gasteiger partial charge in [-0.3, -0.25) is 0 Å². The lowest BCUT2D eigenvalue weighted by molar-refractivity contribution is 0.806. The molecule has 108 valence electrons.